The van der Waals surface area contributed by atoms with E-state index < -0.39 is 0 Å². The average molecular weight is 295 g/mol. The van der Waals surface area contributed by atoms with E-state index in [1.54, 1.807) is 18.3 Å². The number of aryl methyl sites for hydroxylation is 1. The second-order valence-electron chi connectivity index (χ2n) is 4.63. The molecule has 0 aliphatic rings. The van der Waals surface area contributed by atoms with E-state index in [9.17, 15) is 0 Å². The molecule has 0 aliphatic carbocycles. The first-order valence-corrected chi connectivity index (χ1v) is 6.84. The minimum atomic E-state index is 0.268. The van der Waals surface area contributed by atoms with Crippen molar-refractivity contribution in [2.75, 3.05) is 0 Å². The van der Waals surface area contributed by atoms with E-state index in [1.165, 1.54) is 0 Å². The summed E-state index contributed by atoms with van der Waals surface area (Å²) in [4.78, 5) is 8.96. The number of hydrogen-bond acceptors (Lipinski definition) is 4. The van der Waals surface area contributed by atoms with Crippen molar-refractivity contribution in [2.45, 2.75) is 6.92 Å². The average Bonchev–Trinajstić information content (AvgIpc) is 2.48. The van der Waals surface area contributed by atoms with Crippen LogP contribution in [0.15, 0.2) is 48.7 Å². The van der Waals surface area contributed by atoms with E-state index in [2.05, 4.69) is 9.97 Å². The lowest BCUT2D eigenvalue weighted by atomic mass is 10.2. The highest BCUT2D eigenvalue weighted by atomic mass is 32.1. The lowest BCUT2D eigenvalue weighted by Crippen LogP contribution is -2.10. The third kappa shape index (κ3) is 2.83. The van der Waals surface area contributed by atoms with Crippen molar-refractivity contribution in [1.82, 2.24) is 9.97 Å². The van der Waals surface area contributed by atoms with Crippen molar-refractivity contribution in [2.24, 2.45) is 5.73 Å². The van der Waals surface area contributed by atoms with E-state index in [4.69, 9.17) is 22.7 Å². The maximum Gasteiger partial charge on any atom is 0.153 e. The molecule has 0 saturated heterocycles. The fourth-order valence-electron chi connectivity index (χ4n) is 2.01. The number of pyridine rings is 2. The van der Waals surface area contributed by atoms with Crippen molar-refractivity contribution in [1.29, 1.82) is 0 Å². The number of nitrogens with zero attached hydrogens (tertiary/aromatic N) is 2. The summed E-state index contributed by atoms with van der Waals surface area (Å²) >= 11 is 4.88. The summed E-state index contributed by atoms with van der Waals surface area (Å²) in [7, 11) is 0. The van der Waals surface area contributed by atoms with Gasteiger partial charge in [0.1, 0.15) is 16.3 Å². The standard InChI is InChI=1S/C16H13N3OS/c1-10-5-6-11-3-2-4-14(15(11)19-10)20-12-7-8-13(16(17)21)18-9-12/h2-9H,1H3,(H2,17,21). The maximum atomic E-state index is 5.87. The van der Waals surface area contributed by atoms with Crippen molar-refractivity contribution in [3.05, 3.63) is 60.0 Å². The lowest BCUT2D eigenvalue weighted by molar-refractivity contribution is 0.484. The molecule has 0 amide bonds. The molecule has 104 valence electrons. The van der Waals surface area contributed by atoms with E-state index in [0.717, 1.165) is 16.6 Å². The van der Waals surface area contributed by atoms with Crippen LogP contribution in [-0.4, -0.2) is 15.0 Å². The summed E-state index contributed by atoms with van der Waals surface area (Å²) in [5, 5.41) is 1.03. The van der Waals surface area contributed by atoms with Crippen LogP contribution < -0.4 is 10.5 Å². The van der Waals surface area contributed by atoms with Crippen molar-refractivity contribution < 1.29 is 4.74 Å². The molecule has 0 fully saturated rings. The van der Waals surface area contributed by atoms with E-state index in [-0.39, 0.29) is 4.99 Å². The van der Waals surface area contributed by atoms with Gasteiger partial charge in [-0.2, -0.15) is 0 Å². The number of para-hydroxylation sites is 1. The Labute approximate surface area is 127 Å². The molecule has 5 heteroatoms. The number of nitrogens with two attached hydrogens (primary N) is 1. The molecule has 1 aromatic carbocycles. The quantitative estimate of drug-likeness (QED) is 0.751. The zero-order valence-electron chi connectivity index (χ0n) is 11.4. The maximum absolute atomic E-state index is 5.87. The minimum absolute atomic E-state index is 0.268. The van der Waals surface area contributed by atoms with Gasteiger partial charge in [0.2, 0.25) is 0 Å². The van der Waals surface area contributed by atoms with Gasteiger partial charge in [-0.1, -0.05) is 30.4 Å². The van der Waals surface area contributed by atoms with Gasteiger partial charge in [-0.05, 0) is 31.2 Å². The summed E-state index contributed by atoms with van der Waals surface area (Å²) in [6.07, 6.45) is 1.60. The highest BCUT2D eigenvalue weighted by molar-refractivity contribution is 7.80. The van der Waals surface area contributed by atoms with Gasteiger partial charge in [0, 0.05) is 11.1 Å². The Morgan fingerprint density at radius 3 is 2.71 bits per heavy atom. The van der Waals surface area contributed by atoms with E-state index >= 15 is 0 Å². The van der Waals surface area contributed by atoms with Crippen LogP contribution in [0.1, 0.15) is 11.4 Å². The van der Waals surface area contributed by atoms with E-state index in [0.29, 0.717) is 17.2 Å². The van der Waals surface area contributed by atoms with Gasteiger partial charge in [-0.25, -0.2) is 9.97 Å². The Balaban J connectivity index is 1.97. The third-order valence-corrected chi connectivity index (χ3v) is 3.25. The second kappa shape index (κ2) is 5.46. The predicted octanol–water partition coefficient (Wildman–Crippen LogP) is 3.36. The van der Waals surface area contributed by atoms with Crippen LogP contribution in [0.3, 0.4) is 0 Å². The molecule has 21 heavy (non-hydrogen) atoms. The summed E-state index contributed by atoms with van der Waals surface area (Å²) in [5.74, 6) is 1.31. The topological polar surface area (TPSA) is 61.0 Å². The smallest absolute Gasteiger partial charge is 0.153 e. The van der Waals surface area contributed by atoms with Gasteiger partial charge < -0.3 is 10.5 Å². The molecule has 2 aromatic heterocycles. The number of benzene rings is 1. The van der Waals surface area contributed by atoms with Crippen LogP contribution in [0.2, 0.25) is 0 Å². The van der Waals surface area contributed by atoms with Crippen molar-refractivity contribution in [3.63, 3.8) is 0 Å². The van der Waals surface area contributed by atoms with Gasteiger partial charge in [0.25, 0.3) is 0 Å². The largest absolute Gasteiger partial charge is 0.453 e. The van der Waals surface area contributed by atoms with Gasteiger partial charge >= 0.3 is 0 Å². The molecular formula is C16H13N3OS. The molecule has 2 heterocycles. The molecule has 0 unspecified atom stereocenters. The SMILES string of the molecule is Cc1ccc2cccc(Oc3ccc(C(N)=S)nc3)c2n1. The number of fused-ring (bicyclic) bond motifs is 1. The normalized spacial score (nSPS) is 10.5. The zero-order valence-corrected chi connectivity index (χ0v) is 12.2. The fourth-order valence-corrected chi connectivity index (χ4v) is 2.13. The molecule has 0 spiro atoms. The molecule has 0 radical (unpaired) electrons. The summed E-state index contributed by atoms with van der Waals surface area (Å²) in [6, 6.07) is 13.4. The van der Waals surface area contributed by atoms with Crippen LogP contribution in [0.5, 0.6) is 11.5 Å². The molecule has 0 bridgehead atoms. The molecule has 0 atom stereocenters. The Bertz CT molecular complexity index is 815. The monoisotopic (exact) mass is 295 g/mol. The van der Waals surface area contributed by atoms with Crippen LogP contribution in [0.4, 0.5) is 0 Å². The Kier molecular flexibility index (Phi) is 3.50. The van der Waals surface area contributed by atoms with Gasteiger partial charge in [0.05, 0.1) is 11.9 Å². The molecule has 0 aliphatic heterocycles. The van der Waals surface area contributed by atoms with Crippen LogP contribution in [0.25, 0.3) is 10.9 Å². The Morgan fingerprint density at radius 2 is 2.00 bits per heavy atom. The number of aromatic nitrogens is 2. The van der Waals surface area contributed by atoms with E-state index in [1.807, 2.05) is 37.3 Å². The molecule has 2 N–H and O–H groups in total. The highest BCUT2D eigenvalue weighted by Gasteiger charge is 2.06. The Hall–Kier alpha value is -2.53. The van der Waals surface area contributed by atoms with Crippen LogP contribution >= 0.6 is 12.2 Å². The highest BCUT2D eigenvalue weighted by Crippen LogP contribution is 2.28. The number of hydrogen-bond donors (Lipinski definition) is 1. The molecule has 3 aromatic rings. The zero-order chi connectivity index (χ0) is 14.8. The lowest BCUT2D eigenvalue weighted by Gasteiger charge is -2.09. The first-order chi connectivity index (χ1) is 10.1. The summed E-state index contributed by atoms with van der Waals surface area (Å²) in [6.45, 7) is 1.95. The van der Waals surface area contributed by atoms with Gasteiger partial charge in [-0.3, -0.25) is 0 Å². The number of rotatable bonds is 3. The minimum Gasteiger partial charge on any atom is -0.453 e. The number of thiocarbonyl (C=S) groups is 1. The van der Waals surface area contributed by atoms with Crippen LogP contribution in [-0.2, 0) is 0 Å². The molecule has 3 rings (SSSR count). The Morgan fingerprint density at radius 1 is 1.14 bits per heavy atom. The third-order valence-electron chi connectivity index (χ3n) is 3.04. The van der Waals surface area contributed by atoms with Crippen molar-refractivity contribution in [3.8, 4) is 11.5 Å². The van der Waals surface area contributed by atoms with Gasteiger partial charge in [-0.15, -0.1) is 0 Å². The molecule has 4 nitrogen and oxygen atoms in total. The van der Waals surface area contributed by atoms with Crippen molar-refractivity contribution >= 4 is 28.1 Å². The first-order valence-electron chi connectivity index (χ1n) is 6.43. The predicted molar refractivity (Wildman–Crippen MR) is 86.7 cm³/mol. The fraction of sp³-hybridized carbons (Fsp3) is 0.0625. The number of ether oxygens (including phenoxy) is 1. The molecule has 0 saturated carbocycles. The van der Waals surface area contributed by atoms with Gasteiger partial charge in [0.15, 0.2) is 5.75 Å². The summed E-state index contributed by atoms with van der Waals surface area (Å²) in [5.41, 5.74) is 7.87. The summed E-state index contributed by atoms with van der Waals surface area (Å²) < 4.78 is 5.87. The van der Waals surface area contributed by atoms with Crippen LogP contribution in [0, 0.1) is 6.92 Å². The molecular weight excluding hydrogens is 282 g/mol. The second-order valence-corrected chi connectivity index (χ2v) is 5.07. The first kappa shape index (κ1) is 13.5.